The Balaban J connectivity index is 1.83. The van der Waals surface area contributed by atoms with Crippen molar-refractivity contribution in [2.45, 2.75) is 58.5 Å². The van der Waals surface area contributed by atoms with Crippen LogP contribution in [0.25, 0.3) is 5.69 Å². The van der Waals surface area contributed by atoms with Gasteiger partial charge < -0.3 is 5.32 Å². The maximum Gasteiger partial charge on any atom is 0.170 e. The number of rotatable bonds is 9. The minimum Gasteiger partial charge on any atom is -0.307 e. The molecule has 0 aliphatic heterocycles. The summed E-state index contributed by atoms with van der Waals surface area (Å²) in [5.74, 6) is 0.849. The Kier molecular flexibility index (Phi) is 6.34. The Labute approximate surface area is 126 Å². The fraction of sp³-hybridized carbons (Fsp3) is 0.562. The molecule has 0 aliphatic carbocycles. The first-order valence-electron chi connectivity index (χ1n) is 7.87. The predicted molar refractivity (Wildman–Crippen MR) is 84.2 cm³/mol. The van der Waals surface area contributed by atoms with Gasteiger partial charge >= 0.3 is 0 Å². The summed E-state index contributed by atoms with van der Waals surface area (Å²) in [6.07, 6.45) is 6.43. The maximum atomic E-state index is 4.11. The fourth-order valence-corrected chi connectivity index (χ4v) is 2.33. The molecule has 0 radical (unpaired) electrons. The summed E-state index contributed by atoms with van der Waals surface area (Å²) in [5, 5.41) is 15.5. The van der Waals surface area contributed by atoms with E-state index in [0.29, 0.717) is 12.6 Å². The van der Waals surface area contributed by atoms with E-state index in [4.69, 9.17) is 0 Å². The van der Waals surface area contributed by atoms with Gasteiger partial charge in [-0.2, -0.15) is 4.68 Å². The summed E-state index contributed by atoms with van der Waals surface area (Å²) in [6, 6.07) is 10.5. The SMILES string of the molecule is CCCCCCC(C)NCc1nnnn1-c1ccccc1. The van der Waals surface area contributed by atoms with E-state index in [2.05, 4.69) is 34.7 Å². The summed E-state index contributed by atoms with van der Waals surface area (Å²) in [4.78, 5) is 0. The Bertz CT molecular complexity index is 508. The molecule has 1 atom stereocenters. The van der Waals surface area contributed by atoms with Crippen molar-refractivity contribution in [1.82, 2.24) is 25.5 Å². The van der Waals surface area contributed by atoms with Crippen LogP contribution in [-0.2, 0) is 6.54 Å². The molecule has 0 bridgehead atoms. The van der Waals surface area contributed by atoms with Crippen molar-refractivity contribution in [3.8, 4) is 5.69 Å². The summed E-state index contributed by atoms with van der Waals surface area (Å²) in [6.45, 7) is 5.16. The average molecular weight is 287 g/mol. The monoisotopic (exact) mass is 287 g/mol. The van der Waals surface area contributed by atoms with Gasteiger partial charge in [-0.3, -0.25) is 0 Å². The number of aromatic nitrogens is 4. The largest absolute Gasteiger partial charge is 0.307 e. The highest BCUT2D eigenvalue weighted by Crippen LogP contribution is 2.08. The molecule has 5 heteroatoms. The molecule has 5 nitrogen and oxygen atoms in total. The van der Waals surface area contributed by atoms with Crippen molar-refractivity contribution in [2.75, 3.05) is 0 Å². The third-order valence-electron chi connectivity index (χ3n) is 3.63. The number of nitrogens with zero attached hydrogens (tertiary/aromatic N) is 4. The fourth-order valence-electron chi connectivity index (χ4n) is 2.33. The van der Waals surface area contributed by atoms with Gasteiger partial charge in [0.2, 0.25) is 0 Å². The lowest BCUT2D eigenvalue weighted by molar-refractivity contribution is 0.473. The van der Waals surface area contributed by atoms with Crippen LogP contribution in [0.2, 0.25) is 0 Å². The molecule has 1 unspecified atom stereocenters. The molecule has 0 aliphatic rings. The molecule has 1 aromatic heterocycles. The first-order valence-corrected chi connectivity index (χ1v) is 7.87. The zero-order valence-electron chi connectivity index (χ0n) is 13.0. The number of para-hydroxylation sites is 1. The van der Waals surface area contributed by atoms with Crippen LogP contribution in [-0.4, -0.2) is 26.2 Å². The molecule has 0 fully saturated rings. The molecule has 1 aromatic carbocycles. The number of nitrogens with one attached hydrogen (secondary N) is 1. The average Bonchev–Trinajstić information content (AvgIpc) is 2.99. The first-order chi connectivity index (χ1) is 10.3. The van der Waals surface area contributed by atoms with Crippen molar-refractivity contribution in [3.05, 3.63) is 36.2 Å². The van der Waals surface area contributed by atoms with E-state index >= 15 is 0 Å². The number of benzene rings is 1. The Morgan fingerprint density at radius 1 is 1.14 bits per heavy atom. The van der Waals surface area contributed by atoms with Crippen molar-refractivity contribution in [2.24, 2.45) is 0 Å². The molecular weight excluding hydrogens is 262 g/mol. The smallest absolute Gasteiger partial charge is 0.170 e. The Morgan fingerprint density at radius 2 is 1.95 bits per heavy atom. The molecule has 1 heterocycles. The predicted octanol–water partition coefficient (Wildman–Crippen LogP) is 3.11. The van der Waals surface area contributed by atoms with Gasteiger partial charge in [-0.05, 0) is 35.9 Å². The van der Waals surface area contributed by atoms with Gasteiger partial charge in [-0.25, -0.2) is 0 Å². The van der Waals surface area contributed by atoms with E-state index in [1.807, 2.05) is 30.3 Å². The second-order valence-electron chi connectivity index (χ2n) is 5.47. The summed E-state index contributed by atoms with van der Waals surface area (Å²) >= 11 is 0. The Hall–Kier alpha value is -1.75. The van der Waals surface area contributed by atoms with E-state index < -0.39 is 0 Å². The lowest BCUT2D eigenvalue weighted by Crippen LogP contribution is -2.27. The molecule has 2 rings (SSSR count). The van der Waals surface area contributed by atoms with Gasteiger partial charge in [-0.1, -0.05) is 50.8 Å². The zero-order valence-corrected chi connectivity index (χ0v) is 13.0. The van der Waals surface area contributed by atoms with E-state index in [0.717, 1.165) is 11.5 Å². The van der Waals surface area contributed by atoms with Crippen molar-refractivity contribution < 1.29 is 0 Å². The van der Waals surface area contributed by atoms with Crippen LogP contribution in [0.4, 0.5) is 0 Å². The molecule has 2 aromatic rings. The summed E-state index contributed by atoms with van der Waals surface area (Å²) in [5.41, 5.74) is 0.995. The first kappa shape index (κ1) is 15.6. The molecule has 0 saturated carbocycles. The van der Waals surface area contributed by atoms with E-state index in [-0.39, 0.29) is 0 Å². The van der Waals surface area contributed by atoms with Gasteiger partial charge in [0.15, 0.2) is 5.82 Å². The van der Waals surface area contributed by atoms with Crippen molar-refractivity contribution >= 4 is 0 Å². The van der Waals surface area contributed by atoms with E-state index in [1.54, 1.807) is 4.68 Å². The van der Waals surface area contributed by atoms with Crippen LogP contribution < -0.4 is 5.32 Å². The highest BCUT2D eigenvalue weighted by Gasteiger charge is 2.09. The minimum absolute atomic E-state index is 0.489. The van der Waals surface area contributed by atoms with Gasteiger partial charge in [0, 0.05) is 6.04 Å². The Morgan fingerprint density at radius 3 is 2.71 bits per heavy atom. The zero-order chi connectivity index (χ0) is 14.9. The van der Waals surface area contributed by atoms with Crippen molar-refractivity contribution in [1.29, 1.82) is 0 Å². The van der Waals surface area contributed by atoms with Crippen LogP contribution in [0.3, 0.4) is 0 Å². The third kappa shape index (κ3) is 4.93. The molecule has 0 spiro atoms. The summed E-state index contributed by atoms with van der Waals surface area (Å²) < 4.78 is 1.79. The van der Waals surface area contributed by atoms with Crippen LogP contribution in [0.1, 0.15) is 51.8 Å². The van der Waals surface area contributed by atoms with Gasteiger partial charge in [0.1, 0.15) is 0 Å². The van der Waals surface area contributed by atoms with Gasteiger partial charge in [0.25, 0.3) is 0 Å². The normalized spacial score (nSPS) is 12.5. The third-order valence-corrected chi connectivity index (χ3v) is 3.63. The van der Waals surface area contributed by atoms with E-state index in [1.165, 1.54) is 32.1 Å². The van der Waals surface area contributed by atoms with Crippen LogP contribution >= 0.6 is 0 Å². The van der Waals surface area contributed by atoms with E-state index in [9.17, 15) is 0 Å². The molecule has 0 saturated heterocycles. The second-order valence-corrected chi connectivity index (χ2v) is 5.47. The van der Waals surface area contributed by atoms with Crippen LogP contribution in [0.5, 0.6) is 0 Å². The molecule has 0 amide bonds. The highest BCUT2D eigenvalue weighted by molar-refractivity contribution is 5.30. The standard InChI is InChI=1S/C16H25N5/c1-3-4-5-7-10-14(2)17-13-16-18-19-20-21(16)15-11-8-6-9-12-15/h6,8-9,11-12,14,17H,3-5,7,10,13H2,1-2H3. The quantitative estimate of drug-likeness (QED) is 0.720. The van der Waals surface area contributed by atoms with Gasteiger partial charge in [0.05, 0.1) is 12.2 Å². The van der Waals surface area contributed by atoms with Crippen LogP contribution in [0, 0.1) is 0 Å². The number of hydrogen-bond acceptors (Lipinski definition) is 4. The topological polar surface area (TPSA) is 55.6 Å². The molecule has 21 heavy (non-hydrogen) atoms. The number of hydrogen-bond donors (Lipinski definition) is 1. The molecule has 1 N–H and O–H groups in total. The molecular formula is C16H25N5. The van der Waals surface area contributed by atoms with Crippen molar-refractivity contribution in [3.63, 3.8) is 0 Å². The molecule has 114 valence electrons. The highest BCUT2D eigenvalue weighted by atomic mass is 15.5. The van der Waals surface area contributed by atoms with Crippen LogP contribution in [0.15, 0.2) is 30.3 Å². The summed E-state index contributed by atoms with van der Waals surface area (Å²) in [7, 11) is 0. The second kappa shape index (κ2) is 8.52. The lowest BCUT2D eigenvalue weighted by Gasteiger charge is -2.13. The van der Waals surface area contributed by atoms with Gasteiger partial charge in [-0.15, -0.1) is 5.10 Å². The number of tetrazole rings is 1. The maximum absolute atomic E-state index is 4.11. The number of unbranched alkanes of at least 4 members (excludes halogenated alkanes) is 3. The minimum atomic E-state index is 0.489. The lowest BCUT2D eigenvalue weighted by atomic mass is 10.1.